The molecule has 1 aliphatic carbocycles. The average Bonchev–Trinajstić information content (AvgIpc) is 3.18. The highest BCUT2D eigenvalue weighted by atomic mass is 16.2. The largest absolute Gasteiger partial charge is 0.345 e. The van der Waals surface area contributed by atoms with E-state index >= 15 is 0 Å². The molecule has 0 unspecified atom stereocenters. The lowest BCUT2D eigenvalue weighted by molar-refractivity contribution is -0.128. The number of hydrogen-bond acceptors (Lipinski definition) is 3. The number of carbonyl (C=O) groups excluding carboxylic acids is 2. The molecule has 1 aliphatic heterocycles. The Morgan fingerprint density at radius 2 is 1.87 bits per heavy atom. The Morgan fingerprint density at radius 1 is 1.17 bits per heavy atom. The number of nitrogens with zero attached hydrogens (tertiary/aromatic N) is 1. The number of nitrogens with one attached hydrogen (secondary N) is 1. The maximum atomic E-state index is 12.4. The van der Waals surface area contributed by atoms with Crippen molar-refractivity contribution in [2.24, 2.45) is 5.73 Å². The van der Waals surface area contributed by atoms with Crippen LogP contribution in [0.15, 0.2) is 24.3 Å². The molecule has 3 rings (SSSR count). The van der Waals surface area contributed by atoms with Crippen LogP contribution in [0.2, 0.25) is 0 Å². The van der Waals surface area contributed by atoms with Crippen LogP contribution in [0, 0.1) is 0 Å². The van der Waals surface area contributed by atoms with Crippen LogP contribution in [-0.2, 0) is 11.3 Å². The lowest BCUT2D eigenvalue weighted by Crippen LogP contribution is -2.51. The van der Waals surface area contributed by atoms with Crippen LogP contribution in [0.1, 0.15) is 54.4 Å². The van der Waals surface area contributed by atoms with Crippen LogP contribution >= 0.6 is 0 Å². The average molecular weight is 315 g/mol. The molecule has 124 valence electrons. The van der Waals surface area contributed by atoms with Crippen LogP contribution in [0.25, 0.3) is 0 Å². The van der Waals surface area contributed by atoms with Crippen molar-refractivity contribution in [3.8, 4) is 0 Å². The first-order chi connectivity index (χ1) is 11.1. The zero-order chi connectivity index (χ0) is 16.3. The molecule has 1 aromatic rings. The van der Waals surface area contributed by atoms with Gasteiger partial charge in [-0.3, -0.25) is 9.59 Å². The number of nitrogens with two attached hydrogens (primary N) is 1. The van der Waals surface area contributed by atoms with E-state index in [4.69, 9.17) is 5.73 Å². The first-order valence-corrected chi connectivity index (χ1v) is 8.51. The van der Waals surface area contributed by atoms with Gasteiger partial charge in [-0.1, -0.05) is 25.0 Å². The van der Waals surface area contributed by atoms with Crippen molar-refractivity contribution in [1.29, 1.82) is 0 Å². The summed E-state index contributed by atoms with van der Waals surface area (Å²) in [7, 11) is 0. The van der Waals surface area contributed by atoms with Crippen molar-refractivity contribution in [2.75, 3.05) is 13.1 Å². The molecule has 23 heavy (non-hydrogen) atoms. The van der Waals surface area contributed by atoms with Crippen molar-refractivity contribution in [1.82, 2.24) is 10.2 Å². The molecule has 3 N–H and O–H groups in total. The fraction of sp³-hybridized carbons (Fsp3) is 0.556. The third kappa shape index (κ3) is 3.55. The maximum Gasteiger partial charge on any atom is 0.251 e. The predicted molar refractivity (Wildman–Crippen MR) is 88.8 cm³/mol. The van der Waals surface area contributed by atoms with E-state index in [9.17, 15) is 9.59 Å². The van der Waals surface area contributed by atoms with Gasteiger partial charge < -0.3 is 16.0 Å². The number of hydrogen-bond donors (Lipinski definition) is 2. The van der Waals surface area contributed by atoms with Crippen molar-refractivity contribution in [3.05, 3.63) is 35.4 Å². The predicted octanol–water partition coefficient (Wildman–Crippen LogP) is 1.81. The summed E-state index contributed by atoms with van der Waals surface area (Å²) in [6.45, 7) is 1.96. The zero-order valence-electron chi connectivity index (χ0n) is 13.5. The van der Waals surface area contributed by atoms with Crippen molar-refractivity contribution < 1.29 is 9.59 Å². The van der Waals surface area contributed by atoms with Gasteiger partial charge in [-0.25, -0.2) is 0 Å². The molecule has 2 fully saturated rings. The highest BCUT2D eigenvalue weighted by molar-refractivity contribution is 5.94. The molecular formula is C18H25N3O2. The molecule has 0 bridgehead atoms. The van der Waals surface area contributed by atoms with Gasteiger partial charge in [-0.15, -0.1) is 0 Å². The third-order valence-corrected chi connectivity index (χ3v) is 5.09. The second-order valence-corrected chi connectivity index (χ2v) is 6.76. The van der Waals surface area contributed by atoms with Crippen LogP contribution in [0.4, 0.5) is 0 Å². The van der Waals surface area contributed by atoms with Crippen LogP contribution in [0.5, 0.6) is 0 Å². The molecule has 1 heterocycles. The van der Waals surface area contributed by atoms with E-state index in [1.807, 2.05) is 29.2 Å². The van der Waals surface area contributed by atoms with E-state index in [0.29, 0.717) is 25.1 Å². The van der Waals surface area contributed by atoms with Gasteiger partial charge in [-0.05, 0) is 37.0 Å². The number of carbonyl (C=O) groups is 2. The summed E-state index contributed by atoms with van der Waals surface area (Å²) >= 11 is 0. The van der Waals surface area contributed by atoms with Crippen LogP contribution in [0.3, 0.4) is 0 Å². The molecule has 5 heteroatoms. The number of rotatable bonds is 5. The second kappa shape index (κ2) is 6.71. The summed E-state index contributed by atoms with van der Waals surface area (Å²) < 4.78 is 0. The monoisotopic (exact) mass is 315 g/mol. The summed E-state index contributed by atoms with van der Waals surface area (Å²) in [6.07, 6.45) is 5.78. The Morgan fingerprint density at radius 3 is 2.43 bits per heavy atom. The fourth-order valence-electron chi connectivity index (χ4n) is 3.60. The highest BCUT2D eigenvalue weighted by Crippen LogP contribution is 2.29. The maximum absolute atomic E-state index is 12.4. The highest BCUT2D eigenvalue weighted by Gasteiger charge is 2.34. The molecule has 2 aliphatic rings. The Labute approximate surface area is 137 Å². The van der Waals surface area contributed by atoms with Crippen LogP contribution in [-0.4, -0.2) is 35.3 Å². The minimum atomic E-state index is -0.224. The van der Waals surface area contributed by atoms with Gasteiger partial charge in [0.2, 0.25) is 5.91 Å². The summed E-state index contributed by atoms with van der Waals surface area (Å²) in [4.78, 5) is 26.0. The van der Waals surface area contributed by atoms with E-state index in [0.717, 1.165) is 44.2 Å². The van der Waals surface area contributed by atoms with Crippen molar-refractivity contribution in [3.63, 3.8) is 0 Å². The number of likely N-dealkylation sites (tertiary alicyclic amines) is 1. The molecule has 0 spiro atoms. The van der Waals surface area contributed by atoms with E-state index < -0.39 is 0 Å². The molecule has 2 amide bonds. The zero-order valence-corrected chi connectivity index (χ0v) is 13.5. The van der Waals surface area contributed by atoms with E-state index in [2.05, 4.69) is 5.32 Å². The molecule has 5 nitrogen and oxygen atoms in total. The molecule has 0 radical (unpaired) electrons. The summed E-state index contributed by atoms with van der Waals surface area (Å²) in [5, 5.41) is 3.13. The van der Waals surface area contributed by atoms with E-state index in [-0.39, 0.29) is 17.4 Å². The summed E-state index contributed by atoms with van der Waals surface area (Å²) in [5.41, 5.74) is 7.36. The second-order valence-electron chi connectivity index (χ2n) is 6.76. The molecular weight excluding hydrogens is 290 g/mol. The lowest BCUT2D eigenvalue weighted by atomic mass is 9.97. The Bertz CT molecular complexity index is 576. The molecule has 0 atom stereocenters. The lowest BCUT2D eigenvalue weighted by Gasteiger charge is -2.28. The van der Waals surface area contributed by atoms with Gasteiger partial charge in [0, 0.05) is 31.6 Å². The number of benzene rings is 1. The van der Waals surface area contributed by atoms with Crippen LogP contribution < -0.4 is 11.1 Å². The minimum absolute atomic E-state index is 0.0545. The van der Waals surface area contributed by atoms with Gasteiger partial charge in [0.1, 0.15) is 0 Å². The SMILES string of the molecule is NCC1(NC(=O)c2ccc(CN3CCCC3=O)cc2)CCCC1. The standard InChI is InChI=1S/C18H25N3O2/c19-13-18(9-1-2-10-18)20-17(23)15-7-5-14(6-8-15)12-21-11-3-4-16(21)22/h5-8H,1-4,9-13,19H2,(H,20,23). The molecule has 1 aromatic carbocycles. The summed E-state index contributed by atoms with van der Waals surface area (Å²) in [5.74, 6) is 0.166. The van der Waals surface area contributed by atoms with Gasteiger partial charge in [-0.2, -0.15) is 0 Å². The van der Waals surface area contributed by atoms with Crippen molar-refractivity contribution in [2.45, 2.75) is 50.6 Å². The normalized spacial score (nSPS) is 20.0. The van der Waals surface area contributed by atoms with E-state index in [1.165, 1.54) is 0 Å². The third-order valence-electron chi connectivity index (χ3n) is 5.09. The first-order valence-electron chi connectivity index (χ1n) is 8.51. The van der Waals surface area contributed by atoms with Gasteiger partial charge in [0.05, 0.1) is 5.54 Å². The Kier molecular flexibility index (Phi) is 4.66. The van der Waals surface area contributed by atoms with E-state index in [1.54, 1.807) is 0 Å². The van der Waals surface area contributed by atoms with Gasteiger partial charge in [0.15, 0.2) is 0 Å². The fourth-order valence-corrected chi connectivity index (χ4v) is 3.60. The smallest absolute Gasteiger partial charge is 0.251 e. The minimum Gasteiger partial charge on any atom is -0.345 e. The first kappa shape index (κ1) is 16.0. The van der Waals surface area contributed by atoms with Gasteiger partial charge >= 0.3 is 0 Å². The number of amides is 2. The topological polar surface area (TPSA) is 75.4 Å². The van der Waals surface area contributed by atoms with Gasteiger partial charge in [0.25, 0.3) is 5.91 Å². The molecule has 1 saturated heterocycles. The Hall–Kier alpha value is -1.88. The summed E-state index contributed by atoms with van der Waals surface area (Å²) in [6, 6.07) is 7.54. The van der Waals surface area contributed by atoms with Crippen molar-refractivity contribution >= 4 is 11.8 Å². The molecule has 1 saturated carbocycles. The molecule has 0 aromatic heterocycles. The Balaban J connectivity index is 1.62. The quantitative estimate of drug-likeness (QED) is 0.870.